The summed E-state index contributed by atoms with van der Waals surface area (Å²) in [5.74, 6) is 5.02. The van der Waals surface area contributed by atoms with E-state index in [1.54, 1.807) is 0 Å². The lowest BCUT2D eigenvalue weighted by molar-refractivity contribution is 0.314. The topological polar surface area (TPSA) is 135 Å². The molecule has 4 rings (SSSR count). The van der Waals surface area contributed by atoms with Gasteiger partial charge in [0.15, 0.2) is 5.82 Å². The second kappa shape index (κ2) is 7.49. The van der Waals surface area contributed by atoms with Gasteiger partial charge in [-0.2, -0.15) is 5.10 Å². The Morgan fingerprint density at radius 2 is 1.86 bits per heavy atom. The predicted molar refractivity (Wildman–Crippen MR) is 105 cm³/mol. The summed E-state index contributed by atoms with van der Waals surface area (Å²) in [4.78, 5) is 8.63. The summed E-state index contributed by atoms with van der Waals surface area (Å²) in [6, 6.07) is 8.37. The van der Waals surface area contributed by atoms with Gasteiger partial charge >= 0.3 is 0 Å². The van der Waals surface area contributed by atoms with Crippen LogP contribution in [0, 0.1) is 5.82 Å². The third-order valence-electron chi connectivity index (χ3n) is 3.86. The van der Waals surface area contributed by atoms with Crippen LogP contribution >= 0.6 is 23.2 Å². The molecule has 0 atom stereocenters. The molecule has 0 aliphatic carbocycles. The molecule has 9 nitrogen and oxygen atoms in total. The zero-order chi connectivity index (χ0) is 20.5. The van der Waals surface area contributed by atoms with Gasteiger partial charge in [0.1, 0.15) is 23.0 Å². The molecule has 2 aromatic heterocycles. The van der Waals surface area contributed by atoms with E-state index in [0.29, 0.717) is 10.7 Å². The minimum absolute atomic E-state index is 0.0677. The van der Waals surface area contributed by atoms with Gasteiger partial charge < -0.3 is 16.3 Å². The first-order chi connectivity index (χ1) is 14.0. The van der Waals surface area contributed by atoms with E-state index in [0.717, 1.165) is 0 Å². The number of rotatable bonds is 4. The van der Waals surface area contributed by atoms with Crippen LogP contribution in [0.1, 0.15) is 11.3 Å². The summed E-state index contributed by atoms with van der Waals surface area (Å²) < 4.78 is 18.1. The van der Waals surface area contributed by atoms with Crippen molar-refractivity contribution in [3.63, 3.8) is 0 Å². The first-order valence-corrected chi connectivity index (χ1v) is 8.71. The molecule has 4 aromatic rings. The van der Waals surface area contributed by atoms with Crippen LogP contribution < -0.4 is 11.2 Å². The number of anilines is 2. The van der Waals surface area contributed by atoms with Crippen LogP contribution in [-0.2, 0) is 0 Å². The number of nitrogens with one attached hydrogen (secondary N) is 1. The van der Waals surface area contributed by atoms with Gasteiger partial charge in [-0.15, -0.1) is 0 Å². The number of phenolic OH excluding ortho intramolecular Hbond substituents is 1. The fourth-order valence-electron chi connectivity index (χ4n) is 2.56. The van der Waals surface area contributed by atoms with Crippen molar-refractivity contribution < 1.29 is 14.1 Å². The van der Waals surface area contributed by atoms with Gasteiger partial charge in [0.05, 0.1) is 5.02 Å². The summed E-state index contributed by atoms with van der Waals surface area (Å²) >= 11 is 11.9. The minimum atomic E-state index is -0.576. The summed E-state index contributed by atoms with van der Waals surface area (Å²) in [6.07, 6.45) is 0. The van der Waals surface area contributed by atoms with Gasteiger partial charge in [-0.25, -0.2) is 19.0 Å². The molecular formula is C17H10Cl2FN7O2. The van der Waals surface area contributed by atoms with Crippen molar-refractivity contribution in [3.05, 3.63) is 63.5 Å². The Morgan fingerprint density at radius 3 is 2.59 bits per heavy atom. The Kier molecular flexibility index (Phi) is 4.87. The van der Waals surface area contributed by atoms with E-state index in [-0.39, 0.29) is 44.9 Å². The summed E-state index contributed by atoms with van der Waals surface area (Å²) in [7, 11) is 0. The Balaban J connectivity index is 1.89. The predicted octanol–water partition coefficient (Wildman–Crippen LogP) is 3.62. The molecule has 0 radical (unpaired) electrons. The SMILES string of the molecule is NN=C(c1cc(Cl)ccc1O)c1nc2nonc2nc1Nc1ccc(F)c(Cl)c1. The largest absolute Gasteiger partial charge is 0.507 e. The van der Waals surface area contributed by atoms with E-state index in [1.807, 2.05) is 0 Å². The van der Waals surface area contributed by atoms with Gasteiger partial charge in [0, 0.05) is 16.3 Å². The molecular weight excluding hydrogens is 424 g/mol. The van der Waals surface area contributed by atoms with Crippen LogP contribution in [0.25, 0.3) is 11.3 Å². The number of nitrogens with two attached hydrogens (primary N) is 1. The van der Waals surface area contributed by atoms with Crippen molar-refractivity contribution in [2.45, 2.75) is 0 Å². The molecule has 2 heterocycles. The number of hydrazone groups is 1. The highest BCUT2D eigenvalue weighted by Crippen LogP contribution is 2.29. The molecule has 0 fully saturated rings. The van der Waals surface area contributed by atoms with Gasteiger partial charge in [0.2, 0.25) is 11.3 Å². The standard InChI is InChI=1S/C17H10Cl2FN7O2/c18-7-1-4-12(28)9(5-7)13(25-21)14-15(24-17-16(23-14)26-29-27-17)22-8-2-3-11(20)10(19)6-8/h1-6,28H,21H2,(H,22,24,27). The van der Waals surface area contributed by atoms with Crippen molar-refractivity contribution in [1.29, 1.82) is 0 Å². The van der Waals surface area contributed by atoms with Gasteiger partial charge in [-0.1, -0.05) is 23.2 Å². The minimum Gasteiger partial charge on any atom is -0.507 e. The van der Waals surface area contributed by atoms with E-state index in [2.05, 4.69) is 35.3 Å². The maximum atomic E-state index is 13.5. The van der Waals surface area contributed by atoms with E-state index in [9.17, 15) is 9.50 Å². The molecule has 4 N–H and O–H groups in total. The Labute approximate surface area is 171 Å². The fourth-order valence-corrected chi connectivity index (χ4v) is 2.91. The third kappa shape index (κ3) is 3.62. The molecule has 29 heavy (non-hydrogen) atoms. The van der Waals surface area contributed by atoms with E-state index >= 15 is 0 Å². The van der Waals surface area contributed by atoms with Crippen LogP contribution in [0.4, 0.5) is 15.9 Å². The van der Waals surface area contributed by atoms with Crippen LogP contribution in [0.15, 0.2) is 46.1 Å². The average molecular weight is 434 g/mol. The van der Waals surface area contributed by atoms with Crippen molar-refractivity contribution in [3.8, 4) is 5.75 Å². The zero-order valence-electron chi connectivity index (χ0n) is 14.3. The molecule has 0 aliphatic heterocycles. The number of nitrogens with zero attached hydrogens (tertiary/aromatic N) is 5. The molecule has 12 heteroatoms. The Morgan fingerprint density at radius 1 is 1.10 bits per heavy atom. The third-order valence-corrected chi connectivity index (χ3v) is 4.39. The maximum Gasteiger partial charge on any atom is 0.245 e. The lowest BCUT2D eigenvalue weighted by Gasteiger charge is -2.13. The molecule has 0 bridgehead atoms. The van der Waals surface area contributed by atoms with Gasteiger partial charge in [-0.05, 0) is 46.7 Å². The van der Waals surface area contributed by atoms with Crippen molar-refractivity contribution in [2.24, 2.45) is 10.9 Å². The highest BCUT2D eigenvalue weighted by Gasteiger charge is 2.22. The normalized spacial score (nSPS) is 11.8. The number of phenols is 1. The van der Waals surface area contributed by atoms with E-state index in [4.69, 9.17) is 29.0 Å². The summed E-state index contributed by atoms with van der Waals surface area (Å²) in [5, 5.41) is 24.5. The van der Waals surface area contributed by atoms with E-state index < -0.39 is 5.82 Å². The van der Waals surface area contributed by atoms with Crippen molar-refractivity contribution in [2.75, 3.05) is 5.32 Å². The second-order valence-corrected chi connectivity index (χ2v) is 6.57. The first kappa shape index (κ1) is 18.8. The van der Waals surface area contributed by atoms with Gasteiger partial charge in [-0.3, -0.25) is 0 Å². The Bertz CT molecular complexity index is 1260. The molecule has 0 amide bonds. The lowest BCUT2D eigenvalue weighted by atomic mass is 10.1. The molecule has 2 aromatic carbocycles. The number of aromatic hydroxyl groups is 1. The number of hydrogen-bond acceptors (Lipinski definition) is 9. The quantitative estimate of drug-likeness (QED) is 0.252. The summed E-state index contributed by atoms with van der Waals surface area (Å²) in [6.45, 7) is 0. The van der Waals surface area contributed by atoms with Crippen molar-refractivity contribution in [1.82, 2.24) is 20.3 Å². The maximum absolute atomic E-state index is 13.5. The fraction of sp³-hybridized carbons (Fsp3) is 0. The number of benzene rings is 2. The number of hydrogen-bond donors (Lipinski definition) is 3. The molecule has 0 aliphatic rings. The lowest BCUT2D eigenvalue weighted by Crippen LogP contribution is -2.13. The van der Waals surface area contributed by atoms with Crippen LogP contribution in [-0.4, -0.2) is 31.1 Å². The first-order valence-electron chi connectivity index (χ1n) is 7.96. The van der Waals surface area contributed by atoms with Crippen LogP contribution in [0.2, 0.25) is 10.0 Å². The molecule has 0 unspecified atom stereocenters. The molecule has 0 saturated carbocycles. The number of aromatic nitrogens is 4. The smallest absolute Gasteiger partial charge is 0.245 e. The van der Waals surface area contributed by atoms with E-state index in [1.165, 1.54) is 36.4 Å². The summed E-state index contributed by atoms with van der Waals surface area (Å²) in [5.41, 5.74) is 1.01. The Hall–Kier alpha value is -3.50. The van der Waals surface area contributed by atoms with Crippen LogP contribution in [0.5, 0.6) is 5.75 Å². The molecule has 0 spiro atoms. The molecule has 0 saturated heterocycles. The van der Waals surface area contributed by atoms with Crippen molar-refractivity contribution >= 4 is 51.7 Å². The number of fused-ring (bicyclic) bond motifs is 1. The monoisotopic (exact) mass is 433 g/mol. The highest BCUT2D eigenvalue weighted by atomic mass is 35.5. The van der Waals surface area contributed by atoms with Crippen LogP contribution in [0.3, 0.4) is 0 Å². The second-order valence-electron chi connectivity index (χ2n) is 5.73. The number of halogens is 3. The highest BCUT2D eigenvalue weighted by molar-refractivity contribution is 6.31. The van der Waals surface area contributed by atoms with Gasteiger partial charge in [0.25, 0.3) is 0 Å². The molecule has 146 valence electrons. The average Bonchev–Trinajstić information content (AvgIpc) is 3.15. The zero-order valence-corrected chi connectivity index (χ0v) is 15.8.